The number of para-hydroxylation sites is 4. The topological polar surface area (TPSA) is 77.8 Å². The van der Waals surface area contributed by atoms with E-state index in [1.54, 1.807) is 11.3 Å². The molecular weight excluding hydrogens is 673 g/mol. The van der Waals surface area contributed by atoms with Gasteiger partial charge in [-0.3, -0.25) is 0 Å². The molecule has 0 bridgehead atoms. The first-order chi connectivity index (χ1) is 26.2. The molecule has 0 radical (unpaired) electrons. The number of thiophene rings is 1. The summed E-state index contributed by atoms with van der Waals surface area (Å²) in [5, 5.41) is 4.43. The van der Waals surface area contributed by atoms with Crippen LogP contribution in [0.2, 0.25) is 0 Å². The van der Waals surface area contributed by atoms with Crippen molar-refractivity contribution in [3.63, 3.8) is 0 Å². The van der Waals surface area contributed by atoms with Gasteiger partial charge in [-0.2, -0.15) is 0 Å². The van der Waals surface area contributed by atoms with Gasteiger partial charge in [-0.1, -0.05) is 115 Å². The Kier molecular flexibility index (Phi) is 6.62. The van der Waals surface area contributed by atoms with Crippen LogP contribution in [0.3, 0.4) is 0 Å². The smallest absolute Gasteiger partial charge is 0.227 e. The van der Waals surface area contributed by atoms with E-state index >= 15 is 0 Å². The van der Waals surface area contributed by atoms with Crippen molar-refractivity contribution >= 4 is 64.5 Å². The fourth-order valence-electron chi connectivity index (χ4n) is 7.28. The third-order valence-corrected chi connectivity index (χ3v) is 10.9. The molecule has 6 nitrogen and oxygen atoms in total. The maximum Gasteiger partial charge on any atom is 0.227 e. The van der Waals surface area contributed by atoms with E-state index in [0.717, 1.165) is 86.6 Å². The van der Waals surface area contributed by atoms with Crippen molar-refractivity contribution in [3.8, 4) is 56.7 Å². The number of hydrogen-bond acceptors (Lipinski definition) is 7. The van der Waals surface area contributed by atoms with Crippen LogP contribution in [0.4, 0.5) is 0 Å². The third-order valence-electron chi connectivity index (χ3n) is 9.78. The molecular formula is C46H26N4O2S. The predicted molar refractivity (Wildman–Crippen MR) is 215 cm³/mol. The van der Waals surface area contributed by atoms with Crippen molar-refractivity contribution < 1.29 is 8.83 Å². The molecule has 248 valence electrons. The number of hydrogen-bond donors (Lipinski definition) is 0. The second kappa shape index (κ2) is 11.8. The summed E-state index contributed by atoms with van der Waals surface area (Å²) in [6, 6.07) is 53.5. The van der Waals surface area contributed by atoms with Gasteiger partial charge in [0, 0.05) is 58.8 Å². The first kappa shape index (κ1) is 29.7. The molecule has 0 saturated carbocycles. The summed E-state index contributed by atoms with van der Waals surface area (Å²) in [5.74, 6) is 2.44. The lowest BCUT2D eigenvalue weighted by Crippen LogP contribution is -2.00. The van der Waals surface area contributed by atoms with Crippen molar-refractivity contribution in [3.05, 3.63) is 158 Å². The largest absolute Gasteiger partial charge is 0.455 e. The van der Waals surface area contributed by atoms with Crippen LogP contribution in [0, 0.1) is 0 Å². The molecule has 0 saturated heterocycles. The fourth-order valence-corrected chi connectivity index (χ4v) is 8.45. The number of benzene rings is 7. The van der Waals surface area contributed by atoms with Crippen molar-refractivity contribution in [1.29, 1.82) is 0 Å². The van der Waals surface area contributed by atoms with Crippen LogP contribution in [0.15, 0.2) is 167 Å². The van der Waals surface area contributed by atoms with Crippen molar-refractivity contribution in [1.82, 2.24) is 19.9 Å². The quantitative estimate of drug-likeness (QED) is 0.178. The minimum Gasteiger partial charge on any atom is -0.455 e. The minimum absolute atomic E-state index is 0.599. The zero-order valence-electron chi connectivity index (χ0n) is 28.0. The van der Waals surface area contributed by atoms with Gasteiger partial charge in [0.2, 0.25) is 5.89 Å². The van der Waals surface area contributed by atoms with E-state index in [1.165, 1.54) is 0 Å². The van der Waals surface area contributed by atoms with Gasteiger partial charge in [-0.15, -0.1) is 11.3 Å². The number of furan rings is 1. The number of fused-ring (bicyclic) bond motifs is 7. The van der Waals surface area contributed by atoms with Crippen LogP contribution in [0.5, 0.6) is 0 Å². The van der Waals surface area contributed by atoms with E-state index in [-0.39, 0.29) is 0 Å². The number of rotatable bonds is 5. The molecule has 0 spiro atoms. The number of aromatic nitrogens is 4. The fraction of sp³-hybridized carbons (Fsp3) is 0. The van der Waals surface area contributed by atoms with Gasteiger partial charge in [-0.05, 0) is 48.0 Å². The van der Waals surface area contributed by atoms with Gasteiger partial charge in [0.1, 0.15) is 16.7 Å². The highest BCUT2D eigenvalue weighted by atomic mass is 32.1. The van der Waals surface area contributed by atoms with Gasteiger partial charge >= 0.3 is 0 Å². The van der Waals surface area contributed by atoms with Crippen LogP contribution in [0.1, 0.15) is 0 Å². The first-order valence-corrected chi connectivity index (χ1v) is 18.2. The van der Waals surface area contributed by atoms with Crippen molar-refractivity contribution in [2.24, 2.45) is 0 Å². The standard InChI is InChI=1S/C46H26N4O2S/c1-2-11-27(12-3-1)43-48-44(29-14-8-13-28(25-29)31-16-9-17-33-32-15-4-6-20-37(32)51-42(31)33)50-45(49-43)35-18-10-22-39-41(35)34-24-23-30(26-40(34)53-39)46-47-36-19-5-7-21-38(36)52-46/h1-26H. The lowest BCUT2D eigenvalue weighted by atomic mass is 10.00. The lowest BCUT2D eigenvalue weighted by Gasteiger charge is -2.11. The van der Waals surface area contributed by atoms with Gasteiger partial charge in [-0.25, -0.2) is 19.9 Å². The highest BCUT2D eigenvalue weighted by Gasteiger charge is 2.19. The average molecular weight is 699 g/mol. The Balaban J connectivity index is 1.07. The van der Waals surface area contributed by atoms with E-state index in [4.69, 9.17) is 28.8 Å². The van der Waals surface area contributed by atoms with Crippen LogP contribution in [-0.2, 0) is 0 Å². The highest BCUT2D eigenvalue weighted by molar-refractivity contribution is 7.26. The average Bonchev–Trinajstić information content (AvgIpc) is 3.94. The van der Waals surface area contributed by atoms with E-state index in [1.807, 2.05) is 72.8 Å². The Morgan fingerprint density at radius 3 is 2.00 bits per heavy atom. The van der Waals surface area contributed by atoms with Gasteiger partial charge < -0.3 is 8.83 Å². The SMILES string of the molecule is c1ccc(-c2nc(-c3cccc(-c4cccc5c4oc4ccccc45)c3)nc(-c3cccc4sc5cc(-c6nc7ccccc7o6)ccc5c34)n2)cc1. The summed E-state index contributed by atoms with van der Waals surface area (Å²) in [5.41, 5.74) is 9.10. The Bertz CT molecular complexity index is 3160. The Morgan fingerprint density at radius 1 is 0.396 bits per heavy atom. The molecule has 4 aromatic heterocycles. The molecule has 0 atom stereocenters. The molecule has 7 heteroatoms. The molecule has 0 aliphatic carbocycles. The molecule has 4 heterocycles. The maximum absolute atomic E-state index is 6.40. The monoisotopic (exact) mass is 698 g/mol. The molecule has 0 amide bonds. The molecule has 0 fully saturated rings. The molecule has 11 aromatic rings. The summed E-state index contributed by atoms with van der Waals surface area (Å²) >= 11 is 1.74. The minimum atomic E-state index is 0.599. The normalized spacial score (nSPS) is 11.8. The Labute approximate surface area is 306 Å². The van der Waals surface area contributed by atoms with E-state index < -0.39 is 0 Å². The van der Waals surface area contributed by atoms with Crippen LogP contribution < -0.4 is 0 Å². The van der Waals surface area contributed by atoms with E-state index in [9.17, 15) is 0 Å². The van der Waals surface area contributed by atoms with Gasteiger partial charge in [0.05, 0.1) is 0 Å². The van der Waals surface area contributed by atoms with Gasteiger partial charge in [0.25, 0.3) is 0 Å². The van der Waals surface area contributed by atoms with Crippen LogP contribution in [-0.4, -0.2) is 19.9 Å². The first-order valence-electron chi connectivity index (χ1n) is 17.4. The van der Waals surface area contributed by atoms with E-state index in [2.05, 4.69) is 84.9 Å². The second-order valence-electron chi connectivity index (χ2n) is 13.0. The summed E-state index contributed by atoms with van der Waals surface area (Å²) < 4.78 is 14.8. The second-order valence-corrected chi connectivity index (χ2v) is 14.1. The molecule has 0 unspecified atom stereocenters. The summed E-state index contributed by atoms with van der Waals surface area (Å²) in [6.07, 6.45) is 0. The lowest BCUT2D eigenvalue weighted by molar-refractivity contribution is 0.620. The number of nitrogens with zero attached hydrogens (tertiary/aromatic N) is 4. The molecule has 11 rings (SSSR count). The number of oxazole rings is 1. The Morgan fingerprint density at radius 2 is 1.09 bits per heavy atom. The Hall–Kier alpha value is -6.96. The van der Waals surface area contributed by atoms with Gasteiger partial charge in [0.15, 0.2) is 23.1 Å². The molecule has 0 N–H and O–H groups in total. The van der Waals surface area contributed by atoms with E-state index in [0.29, 0.717) is 23.4 Å². The summed E-state index contributed by atoms with van der Waals surface area (Å²) in [7, 11) is 0. The zero-order chi connectivity index (χ0) is 34.9. The summed E-state index contributed by atoms with van der Waals surface area (Å²) in [4.78, 5) is 20.1. The summed E-state index contributed by atoms with van der Waals surface area (Å²) in [6.45, 7) is 0. The van der Waals surface area contributed by atoms with Crippen LogP contribution >= 0.6 is 11.3 Å². The third kappa shape index (κ3) is 4.93. The molecule has 53 heavy (non-hydrogen) atoms. The van der Waals surface area contributed by atoms with Crippen molar-refractivity contribution in [2.75, 3.05) is 0 Å². The highest BCUT2D eigenvalue weighted by Crippen LogP contribution is 2.42. The molecule has 0 aliphatic rings. The maximum atomic E-state index is 6.40. The zero-order valence-corrected chi connectivity index (χ0v) is 28.8. The molecule has 7 aromatic carbocycles. The predicted octanol–water partition coefficient (Wildman–Crippen LogP) is 12.6. The van der Waals surface area contributed by atoms with Crippen molar-refractivity contribution in [2.45, 2.75) is 0 Å². The van der Waals surface area contributed by atoms with Crippen LogP contribution in [0.25, 0.3) is 110 Å². The molecule has 0 aliphatic heterocycles.